The number of thioether (sulfide) groups is 1. The van der Waals surface area contributed by atoms with Crippen molar-refractivity contribution < 1.29 is 0 Å². The predicted octanol–water partition coefficient (Wildman–Crippen LogP) is 3.06. The molecular formula is C12H23N3S. The van der Waals surface area contributed by atoms with Gasteiger partial charge < -0.3 is 10.3 Å². The number of aromatic nitrogens is 2. The molecule has 0 fully saturated rings. The van der Waals surface area contributed by atoms with Crippen molar-refractivity contribution in [1.82, 2.24) is 15.3 Å². The zero-order valence-corrected chi connectivity index (χ0v) is 11.1. The zero-order chi connectivity index (χ0) is 11.6. The molecule has 1 rings (SSSR count). The molecule has 0 saturated carbocycles. The summed E-state index contributed by atoms with van der Waals surface area (Å²) in [6.07, 6.45) is 8.74. The van der Waals surface area contributed by atoms with E-state index < -0.39 is 0 Å². The van der Waals surface area contributed by atoms with Crippen LogP contribution in [0.3, 0.4) is 0 Å². The van der Waals surface area contributed by atoms with Crippen LogP contribution in [0.5, 0.6) is 0 Å². The molecule has 0 saturated heterocycles. The molecule has 2 N–H and O–H groups in total. The number of nitrogens with one attached hydrogen (secondary N) is 2. The number of nitrogens with zero attached hydrogens (tertiary/aromatic N) is 1. The molecule has 1 unspecified atom stereocenters. The third kappa shape index (κ3) is 6.18. The second kappa shape index (κ2) is 8.65. The van der Waals surface area contributed by atoms with Gasteiger partial charge in [0.15, 0.2) is 5.16 Å². The summed E-state index contributed by atoms with van der Waals surface area (Å²) in [6, 6.07) is 0.661. The van der Waals surface area contributed by atoms with Gasteiger partial charge in [-0.3, -0.25) is 0 Å². The Kier molecular flexibility index (Phi) is 7.34. The third-order valence-corrected chi connectivity index (χ3v) is 3.48. The van der Waals surface area contributed by atoms with E-state index in [1.165, 1.54) is 25.7 Å². The molecule has 1 heterocycles. The lowest BCUT2D eigenvalue weighted by Crippen LogP contribution is -2.26. The topological polar surface area (TPSA) is 40.7 Å². The highest BCUT2D eigenvalue weighted by molar-refractivity contribution is 7.99. The van der Waals surface area contributed by atoms with E-state index in [1.54, 1.807) is 6.20 Å². The molecule has 1 aromatic rings. The maximum Gasteiger partial charge on any atom is 0.165 e. The van der Waals surface area contributed by atoms with Gasteiger partial charge in [0.2, 0.25) is 0 Å². The van der Waals surface area contributed by atoms with Gasteiger partial charge in [-0.1, -0.05) is 25.1 Å². The fourth-order valence-electron chi connectivity index (χ4n) is 1.54. The second-order valence-electron chi connectivity index (χ2n) is 4.09. The molecule has 0 bridgehead atoms. The van der Waals surface area contributed by atoms with Gasteiger partial charge in [-0.05, 0) is 32.7 Å². The summed E-state index contributed by atoms with van der Waals surface area (Å²) < 4.78 is 0. The van der Waals surface area contributed by atoms with E-state index in [0.717, 1.165) is 17.5 Å². The highest BCUT2D eigenvalue weighted by Gasteiger charge is 2.00. The predicted molar refractivity (Wildman–Crippen MR) is 70.9 cm³/mol. The van der Waals surface area contributed by atoms with E-state index in [1.807, 2.05) is 18.0 Å². The van der Waals surface area contributed by atoms with Crippen molar-refractivity contribution in [2.24, 2.45) is 0 Å². The SMILES string of the molecule is CCCNC(C)CCCCSc1ncc[nH]1. The van der Waals surface area contributed by atoms with Crippen molar-refractivity contribution in [3.63, 3.8) is 0 Å². The van der Waals surface area contributed by atoms with Crippen LogP contribution in [-0.2, 0) is 0 Å². The molecule has 0 aromatic carbocycles. The summed E-state index contributed by atoms with van der Waals surface area (Å²) in [6.45, 7) is 5.62. The highest BCUT2D eigenvalue weighted by Crippen LogP contribution is 2.14. The third-order valence-electron chi connectivity index (χ3n) is 2.49. The Morgan fingerprint density at radius 2 is 2.38 bits per heavy atom. The number of hydrogen-bond donors (Lipinski definition) is 2. The summed E-state index contributed by atoms with van der Waals surface area (Å²) in [4.78, 5) is 7.29. The Morgan fingerprint density at radius 3 is 3.06 bits per heavy atom. The van der Waals surface area contributed by atoms with E-state index >= 15 is 0 Å². The van der Waals surface area contributed by atoms with Crippen molar-refractivity contribution in [3.8, 4) is 0 Å². The maximum absolute atomic E-state index is 4.18. The van der Waals surface area contributed by atoms with Gasteiger partial charge in [0.05, 0.1) is 0 Å². The standard InChI is InChI=1S/C12H23N3S/c1-3-7-13-11(2)6-4-5-10-16-12-14-8-9-15-12/h8-9,11,13H,3-7,10H2,1-2H3,(H,14,15). The largest absolute Gasteiger partial charge is 0.340 e. The highest BCUT2D eigenvalue weighted by atomic mass is 32.2. The van der Waals surface area contributed by atoms with Gasteiger partial charge in [0, 0.05) is 24.2 Å². The van der Waals surface area contributed by atoms with Crippen LogP contribution >= 0.6 is 11.8 Å². The van der Waals surface area contributed by atoms with E-state index in [2.05, 4.69) is 29.1 Å². The molecule has 0 aliphatic carbocycles. The van der Waals surface area contributed by atoms with Crippen LogP contribution in [0.25, 0.3) is 0 Å². The summed E-state index contributed by atoms with van der Waals surface area (Å²) in [5, 5.41) is 4.55. The average molecular weight is 241 g/mol. The first kappa shape index (κ1) is 13.6. The number of hydrogen-bond acceptors (Lipinski definition) is 3. The molecule has 0 aliphatic rings. The lowest BCUT2D eigenvalue weighted by atomic mass is 10.1. The van der Waals surface area contributed by atoms with Crippen LogP contribution in [0.2, 0.25) is 0 Å². The van der Waals surface area contributed by atoms with Crippen molar-refractivity contribution in [3.05, 3.63) is 12.4 Å². The lowest BCUT2D eigenvalue weighted by Gasteiger charge is -2.12. The van der Waals surface area contributed by atoms with Crippen LogP contribution < -0.4 is 5.32 Å². The molecule has 0 aliphatic heterocycles. The van der Waals surface area contributed by atoms with Gasteiger partial charge >= 0.3 is 0 Å². The maximum atomic E-state index is 4.18. The molecule has 0 amide bonds. The van der Waals surface area contributed by atoms with Gasteiger partial charge in [-0.15, -0.1) is 0 Å². The fourth-order valence-corrected chi connectivity index (χ4v) is 2.37. The van der Waals surface area contributed by atoms with Crippen LogP contribution in [0, 0.1) is 0 Å². The number of rotatable bonds is 9. The molecule has 1 atom stereocenters. The van der Waals surface area contributed by atoms with Gasteiger partial charge in [0.1, 0.15) is 0 Å². The van der Waals surface area contributed by atoms with Crippen LogP contribution in [0.4, 0.5) is 0 Å². The van der Waals surface area contributed by atoms with Gasteiger partial charge in [-0.25, -0.2) is 4.98 Å². The zero-order valence-electron chi connectivity index (χ0n) is 10.3. The summed E-state index contributed by atoms with van der Waals surface area (Å²) in [5.74, 6) is 1.16. The van der Waals surface area contributed by atoms with Crippen LogP contribution in [0.15, 0.2) is 17.6 Å². The lowest BCUT2D eigenvalue weighted by molar-refractivity contribution is 0.496. The molecule has 0 spiro atoms. The first-order valence-corrected chi connectivity index (χ1v) is 7.17. The van der Waals surface area contributed by atoms with Crippen molar-refractivity contribution >= 4 is 11.8 Å². The number of unbranched alkanes of at least 4 members (excludes halogenated alkanes) is 1. The molecular weight excluding hydrogens is 218 g/mol. The normalized spacial score (nSPS) is 12.9. The van der Waals surface area contributed by atoms with Gasteiger partial charge in [-0.2, -0.15) is 0 Å². The molecule has 1 aromatic heterocycles. The molecule has 4 heteroatoms. The van der Waals surface area contributed by atoms with E-state index in [0.29, 0.717) is 6.04 Å². The van der Waals surface area contributed by atoms with Gasteiger partial charge in [0.25, 0.3) is 0 Å². The molecule has 16 heavy (non-hydrogen) atoms. The Labute approximate surface area is 103 Å². The van der Waals surface area contributed by atoms with E-state index in [-0.39, 0.29) is 0 Å². The van der Waals surface area contributed by atoms with Crippen molar-refractivity contribution in [2.45, 2.75) is 50.7 Å². The van der Waals surface area contributed by atoms with E-state index in [9.17, 15) is 0 Å². The first-order chi connectivity index (χ1) is 7.83. The minimum Gasteiger partial charge on any atom is -0.340 e. The summed E-state index contributed by atoms with van der Waals surface area (Å²) in [5.41, 5.74) is 0. The minimum absolute atomic E-state index is 0.661. The Bertz CT molecular complexity index is 249. The fraction of sp³-hybridized carbons (Fsp3) is 0.750. The second-order valence-corrected chi connectivity index (χ2v) is 5.18. The van der Waals surface area contributed by atoms with Crippen LogP contribution in [-0.4, -0.2) is 28.3 Å². The van der Waals surface area contributed by atoms with Crippen molar-refractivity contribution in [2.75, 3.05) is 12.3 Å². The Hall–Kier alpha value is -0.480. The molecule has 92 valence electrons. The minimum atomic E-state index is 0.661. The first-order valence-electron chi connectivity index (χ1n) is 6.18. The Balaban J connectivity index is 1.91. The van der Waals surface area contributed by atoms with Crippen LogP contribution in [0.1, 0.15) is 39.5 Å². The smallest absolute Gasteiger partial charge is 0.165 e. The Morgan fingerprint density at radius 1 is 1.50 bits per heavy atom. The molecule has 3 nitrogen and oxygen atoms in total. The summed E-state index contributed by atoms with van der Waals surface area (Å²) >= 11 is 1.81. The number of aromatic amines is 1. The van der Waals surface area contributed by atoms with E-state index in [4.69, 9.17) is 0 Å². The summed E-state index contributed by atoms with van der Waals surface area (Å²) in [7, 11) is 0. The number of imidazole rings is 1. The van der Waals surface area contributed by atoms with Crippen molar-refractivity contribution in [1.29, 1.82) is 0 Å². The monoisotopic (exact) mass is 241 g/mol. The number of H-pyrrole nitrogens is 1. The quantitative estimate of drug-likeness (QED) is 0.516. The average Bonchev–Trinajstić information content (AvgIpc) is 2.79. The molecule has 0 radical (unpaired) electrons.